The molecule has 5 nitrogen and oxygen atoms in total. The minimum atomic E-state index is -0.823. The molecule has 0 aliphatic carbocycles. The van der Waals surface area contributed by atoms with E-state index in [0.717, 1.165) is 35.9 Å². The highest BCUT2D eigenvalue weighted by Crippen LogP contribution is 2.24. The first-order chi connectivity index (χ1) is 13.0. The zero-order valence-electron chi connectivity index (χ0n) is 14.8. The number of aromatic nitrogens is 3. The number of carbonyl (C=O) groups is 1. The van der Waals surface area contributed by atoms with Gasteiger partial charge in [-0.1, -0.05) is 43.0 Å². The Bertz CT molecular complexity index is 943. The fraction of sp³-hybridized carbons (Fsp3) is 0.211. The topological polar surface area (TPSA) is 70.7 Å². The van der Waals surface area contributed by atoms with Crippen LogP contribution in [-0.2, 0) is 11.2 Å². The molecule has 0 bridgehead atoms. The van der Waals surface area contributed by atoms with Crippen LogP contribution in [0.15, 0.2) is 47.6 Å². The summed E-state index contributed by atoms with van der Waals surface area (Å²) in [6, 6.07) is 11.0. The lowest BCUT2D eigenvalue weighted by molar-refractivity contribution is -0.115. The molecule has 0 saturated heterocycles. The summed E-state index contributed by atoms with van der Waals surface area (Å²) in [5.74, 6) is -1.34. The van der Waals surface area contributed by atoms with Crippen molar-refractivity contribution in [3.63, 3.8) is 0 Å². The van der Waals surface area contributed by atoms with Crippen LogP contribution in [0.3, 0.4) is 0 Å². The van der Waals surface area contributed by atoms with Crippen LogP contribution < -0.4 is 5.32 Å². The van der Waals surface area contributed by atoms with Gasteiger partial charge >= 0.3 is 0 Å². The van der Waals surface area contributed by atoms with Crippen LogP contribution in [0.2, 0.25) is 0 Å². The molecule has 8 heteroatoms. The molecule has 2 aromatic carbocycles. The lowest BCUT2D eigenvalue weighted by Crippen LogP contribution is -2.23. The van der Waals surface area contributed by atoms with Crippen LogP contribution >= 0.6 is 11.8 Å². The van der Waals surface area contributed by atoms with Crippen LogP contribution in [0.25, 0.3) is 11.4 Å². The molecule has 1 aromatic heterocycles. The number of benzene rings is 2. The number of halogens is 2. The van der Waals surface area contributed by atoms with Crippen LogP contribution in [-0.4, -0.2) is 26.3 Å². The summed E-state index contributed by atoms with van der Waals surface area (Å²) in [6.07, 6.45) is 0.957. The first-order valence-corrected chi connectivity index (χ1v) is 9.28. The minimum Gasteiger partial charge on any atom is -0.323 e. The molecule has 0 saturated carbocycles. The summed E-state index contributed by atoms with van der Waals surface area (Å²) in [5, 5.41) is 9.25. The summed E-state index contributed by atoms with van der Waals surface area (Å²) < 4.78 is 26.6. The molecule has 0 fully saturated rings. The number of nitrogens with one attached hydrogen (secondary N) is 2. The van der Waals surface area contributed by atoms with Gasteiger partial charge in [-0.05, 0) is 31.0 Å². The van der Waals surface area contributed by atoms with Gasteiger partial charge in [0.2, 0.25) is 11.1 Å². The van der Waals surface area contributed by atoms with E-state index in [1.165, 1.54) is 11.6 Å². The van der Waals surface area contributed by atoms with Crippen LogP contribution in [0.4, 0.5) is 14.5 Å². The highest BCUT2D eigenvalue weighted by molar-refractivity contribution is 8.00. The number of hydrogen-bond acceptors (Lipinski definition) is 4. The average Bonchev–Trinajstić information content (AvgIpc) is 3.12. The van der Waals surface area contributed by atoms with E-state index in [0.29, 0.717) is 11.0 Å². The zero-order valence-corrected chi connectivity index (χ0v) is 15.6. The second-order valence-electron chi connectivity index (χ2n) is 5.89. The van der Waals surface area contributed by atoms with Crippen molar-refractivity contribution in [1.82, 2.24) is 15.2 Å². The number of rotatable bonds is 6. The van der Waals surface area contributed by atoms with Crippen molar-refractivity contribution in [3.05, 3.63) is 59.7 Å². The Morgan fingerprint density at radius 3 is 2.63 bits per heavy atom. The third kappa shape index (κ3) is 4.71. The van der Waals surface area contributed by atoms with E-state index in [-0.39, 0.29) is 5.69 Å². The average molecular weight is 388 g/mol. The summed E-state index contributed by atoms with van der Waals surface area (Å²) in [7, 11) is 0. The van der Waals surface area contributed by atoms with Crippen molar-refractivity contribution in [2.75, 3.05) is 5.32 Å². The molecule has 1 heterocycles. The highest BCUT2D eigenvalue weighted by Gasteiger charge is 2.19. The molecule has 1 amide bonds. The van der Waals surface area contributed by atoms with Crippen LogP contribution in [0.1, 0.15) is 19.4 Å². The summed E-state index contributed by atoms with van der Waals surface area (Å²) in [4.78, 5) is 16.6. The van der Waals surface area contributed by atoms with Gasteiger partial charge in [-0.15, -0.1) is 5.10 Å². The Balaban J connectivity index is 1.64. The van der Waals surface area contributed by atoms with E-state index >= 15 is 0 Å². The van der Waals surface area contributed by atoms with E-state index in [4.69, 9.17) is 0 Å². The standard InChI is InChI=1S/C19H18F2N4OS/c1-3-12-4-6-13(7-5-12)17-23-19(25-24-17)27-11(2)18(26)22-16-9-8-14(20)10-15(16)21/h4-11H,3H2,1-2H3,(H,22,26)(H,23,24,25)/t11-/m1/s1. The smallest absolute Gasteiger partial charge is 0.237 e. The Labute approximate surface area is 159 Å². The molecular weight excluding hydrogens is 370 g/mol. The molecule has 0 aliphatic heterocycles. The SMILES string of the molecule is CCc1ccc(-c2nc(S[C@H](C)C(=O)Nc3ccc(F)cc3F)n[nH]2)cc1. The summed E-state index contributed by atoms with van der Waals surface area (Å²) in [5.41, 5.74) is 2.06. The maximum Gasteiger partial charge on any atom is 0.237 e. The number of amides is 1. The van der Waals surface area contributed by atoms with Gasteiger partial charge in [-0.25, -0.2) is 13.8 Å². The summed E-state index contributed by atoms with van der Waals surface area (Å²) >= 11 is 1.14. The molecule has 3 aromatic rings. The fourth-order valence-electron chi connectivity index (χ4n) is 2.36. The Kier molecular flexibility index (Phi) is 5.85. The van der Waals surface area contributed by atoms with Gasteiger partial charge in [0.15, 0.2) is 5.82 Å². The van der Waals surface area contributed by atoms with Gasteiger partial charge < -0.3 is 5.32 Å². The Morgan fingerprint density at radius 2 is 1.96 bits per heavy atom. The van der Waals surface area contributed by atoms with Gasteiger partial charge in [0.25, 0.3) is 0 Å². The minimum absolute atomic E-state index is 0.0689. The van der Waals surface area contributed by atoms with Crippen molar-refractivity contribution in [1.29, 1.82) is 0 Å². The largest absolute Gasteiger partial charge is 0.323 e. The van der Waals surface area contributed by atoms with Crippen LogP contribution in [0, 0.1) is 11.6 Å². The van der Waals surface area contributed by atoms with Crippen molar-refractivity contribution in [2.24, 2.45) is 0 Å². The third-order valence-corrected chi connectivity index (χ3v) is 4.90. The van der Waals surface area contributed by atoms with Crippen molar-refractivity contribution < 1.29 is 13.6 Å². The van der Waals surface area contributed by atoms with Gasteiger partial charge in [0.05, 0.1) is 10.9 Å². The van der Waals surface area contributed by atoms with E-state index in [1.807, 2.05) is 24.3 Å². The third-order valence-electron chi connectivity index (χ3n) is 3.94. The summed E-state index contributed by atoms with van der Waals surface area (Å²) in [6.45, 7) is 3.75. The van der Waals surface area contributed by atoms with E-state index < -0.39 is 22.8 Å². The predicted molar refractivity (Wildman–Crippen MR) is 102 cm³/mol. The monoisotopic (exact) mass is 388 g/mol. The number of H-pyrrole nitrogens is 1. The van der Waals surface area contributed by atoms with Gasteiger partial charge in [-0.2, -0.15) is 0 Å². The van der Waals surface area contributed by atoms with Crippen molar-refractivity contribution >= 4 is 23.4 Å². The zero-order chi connectivity index (χ0) is 19.4. The maximum atomic E-state index is 13.7. The number of aryl methyl sites for hydroxylation is 1. The molecular formula is C19H18F2N4OS. The molecule has 0 unspecified atom stereocenters. The van der Waals surface area contributed by atoms with E-state index in [1.54, 1.807) is 6.92 Å². The van der Waals surface area contributed by atoms with E-state index in [9.17, 15) is 13.6 Å². The van der Waals surface area contributed by atoms with Crippen molar-refractivity contribution in [2.45, 2.75) is 30.7 Å². The maximum absolute atomic E-state index is 13.7. The number of aromatic amines is 1. The number of carbonyl (C=O) groups excluding carboxylic acids is 1. The Morgan fingerprint density at radius 1 is 1.22 bits per heavy atom. The molecule has 3 rings (SSSR count). The van der Waals surface area contributed by atoms with E-state index in [2.05, 4.69) is 27.4 Å². The number of hydrogen-bond donors (Lipinski definition) is 2. The molecule has 0 radical (unpaired) electrons. The molecule has 27 heavy (non-hydrogen) atoms. The highest BCUT2D eigenvalue weighted by atomic mass is 32.2. The van der Waals surface area contributed by atoms with Crippen LogP contribution in [0.5, 0.6) is 0 Å². The second-order valence-corrected chi connectivity index (χ2v) is 7.20. The molecule has 1 atom stereocenters. The lowest BCUT2D eigenvalue weighted by Gasteiger charge is -2.10. The predicted octanol–water partition coefficient (Wildman–Crippen LogP) is 4.43. The molecule has 140 valence electrons. The lowest BCUT2D eigenvalue weighted by atomic mass is 10.1. The Hall–Kier alpha value is -2.74. The number of nitrogens with zero attached hydrogens (tertiary/aromatic N) is 2. The normalized spacial score (nSPS) is 12.0. The molecule has 0 spiro atoms. The van der Waals surface area contributed by atoms with Gasteiger partial charge in [0.1, 0.15) is 11.6 Å². The quantitative estimate of drug-likeness (QED) is 0.613. The first kappa shape index (κ1) is 19.0. The molecule has 2 N–H and O–H groups in total. The van der Waals surface area contributed by atoms with Crippen molar-refractivity contribution in [3.8, 4) is 11.4 Å². The second kappa shape index (κ2) is 8.30. The fourth-order valence-corrected chi connectivity index (χ4v) is 3.09. The van der Waals surface area contributed by atoms with Gasteiger partial charge in [-0.3, -0.25) is 9.89 Å². The molecule has 0 aliphatic rings. The first-order valence-electron chi connectivity index (χ1n) is 8.40. The number of thioether (sulfide) groups is 1. The van der Waals surface area contributed by atoms with Gasteiger partial charge in [0, 0.05) is 11.6 Å². The number of anilines is 1.